The molecule has 0 fully saturated rings. The van der Waals surface area contributed by atoms with E-state index in [4.69, 9.17) is 0 Å². The van der Waals surface area contributed by atoms with Crippen molar-refractivity contribution in [2.75, 3.05) is 11.9 Å². The van der Waals surface area contributed by atoms with Crippen molar-refractivity contribution in [1.29, 1.82) is 0 Å². The summed E-state index contributed by atoms with van der Waals surface area (Å²) in [5.41, 5.74) is 6.60. The van der Waals surface area contributed by atoms with Crippen LogP contribution in [0, 0.1) is 20.8 Å². The number of benzene rings is 1. The van der Waals surface area contributed by atoms with Gasteiger partial charge in [-0.1, -0.05) is 38.3 Å². The Balaban J connectivity index is 1.84. The van der Waals surface area contributed by atoms with Gasteiger partial charge in [-0.15, -0.1) is 0 Å². The Hall–Kier alpha value is -2.82. The topological polar surface area (TPSA) is 74.0 Å². The van der Waals surface area contributed by atoms with Crippen LogP contribution in [0.3, 0.4) is 0 Å². The average Bonchev–Trinajstić information content (AvgIpc) is 3.12. The molecule has 2 amide bonds. The molecule has 1 aromatic heterocycles. The molecule has 0 saturated carbocycles. The van der Waals surface area contributed by atoms with Crippen LogP contribution in [0.15, 0.2) is 18.2 Å². The number of carbonyl (C=O) groups is 2. The van der Waals surface area contributed by atoms with Gasteiger partial charge in [0.05, 0.1) is 11.1 Å². The highest BCUT2D eigenvalue weighted by Crippen LogP contribution is 2.36. The number of unbranched alkanes of at least 4 members (excludes halogenated alkanes) is 3. The van der Waals surface area contributed by atoms with Crippen molar-refractivity contribution in [1.82, 2.24) is 10.3 Å². The number of rotatable bonds is 7. The second-order valence-electron chi connectivity index (χ2n) is 7.49. The number of anilines is 1. The third kappa shape index (κ3) is 3.88. The lowest BCUT2D eigenvalue weighted by molar-refractivity contribution is -0.110. The third-order valence-electron chi connectivity index (χ3n) is 5.34. The van der Waals surface area contributed by atoms with Crippen molar-refractivity contribution in [2.45, 2.75) is 53.4 Å². The molecule has 0 radical (unpaired) electrons. The number of aryl methyl sites for hydroxylation is 2. The molecule has 148 valence electrons. The van der Waals surface area contributed by atoms with Gasteiger partial charge >= 0.3 is 0 Å². The number of nitrogens with one attached hydrogen (secondary N) is 3. The quantitative estimate of drug-likeness (QED) is 0.480. The summed E-state index contributed by atoms with van der Waals surface area (Å²) in [6.07, 6.45) is 6.35. The zero-order chi connectivity index (χ0) is 20.3. The highest BCUT2D eigenvalue weighted by Gasteiger charge is 2.26. The molecule has 0 unspecified atom stereocenters. The summed E-state index contributed by atoms with van der Waals surface area (Å²) >= 11 is 0. The molecule has 0 aliphatic carbocycles. The summed E-state index contributed by atoms with van der Waals surface area (Å²) in [5, 5.41) is 5.94. The maximum Gasteiger partial charge on any atom is 0.256 e. The molecule has 0 atom stereocenters. The minimum atomic E-state index is -0.113. The van der Waals surface area contributed by atoms with Crippen molar-refractivity contribution in [3.05, 3.63) is 51.8 Å². The molecule has 3 rings (SSSR count). The second-order valence-corrected chi connectivity index (χ2v) is 7.49. The maximum absolute atomic E-state index is 12.7. The fourth-order valence-electron chi connectivity index (χ4n) is 3.82. The molecule has 5 nitrogen and oxygen atoms in total. The molecule has 1 aliphatic heterocycles. The molecule has 3 N–H and O–H groups in total. The summed E-state index contributed by atoms with van der Waals surface area (Å²) in [7, 11) is 0. The first-order chi connectivity index (χ1) is 13.4. The number of aromatic amines is 1. The summed E-state index contributed by atoms with van der Waals surface area (Å²) in [6.45, 7) is 8.68. The number of amides is 2. The number of hydrogen-bond donors (Lipinski definition) is 3. The van der Waals surface area contributed by atoms with E-state index in [9.17, 15) is 9.59 Å². The average molecular weight is 380 g/mol. The first-order valence-corrected chi connectivity index (χ1v) is 10.0. The second kappa shape index (κ2) is 8.46. The van der Waals surface area contributed by atoms with Crippen molar-refractivity contribution in [3.8, 4) is 0 Å². The van der Waals surface area contributed by atoms with Gasteiger partial charge in [-0.3, -0.25) is 9.59 Å². The number of H-pyrrole nitrogens is 1. The van der Waals surface area contributed by atoms with Crippen LogP contribution >= 0.6 is 0 Å². The minimum Gasteiger partial charge on any atom is -0.358 e. The molecule has 28 heavy (non-hydrogen) atoms. The highest BCUT2D eigenvalue weighted by molar-refractivity contribution is 6.35. The standard InChI is InChI=1S/C23H29N3O2/c1-5-6-7-8-12-24-23(28)21-15(3)19(25-16(21)4)13-17-20-14(2)10-9-11-18(20)26-22(17)27/h9-11,13,25H,5-8,12H2,1-4H3,(H,24,28)(H,26,27)/b17-13-. The molecule has 2 heterocycles. The largest absolute Gasteiger partial charge is 0.358 e. The Morgan fingerprint density at radius 2 is 1.93 bits per heavy atom. The Morgan fingerprint density at radius 1 is 1.14 bits per heavy atom. The zero-order valence-corrected chi connectivity index (χ0v) is 17.2. The van der Waals surface area contributed by atoms with E-state index < -0.39 is 0 Å². The van der Waals surface area contributed by atoms with Gasteiger partial charge in [-0.05, 0) is 50.5 Å². The van der Waals surface area contributed by atoms with E-state index in [1.165, 1.54) is 12.8 Å². The summed E-state index contributed by atoms with van der Waals surface area (Å²) in [4.78, 5) is 28.4. The van der Waals surface area contributed by atoms with Crippen LogP contribution in [0.5, 0.6) is 0 Å². The van der Waals surface area contributed by atoms with Gasteiger partial charge in [0.25, 0.3) is 11.8 Å². The Kier molecular flexibility index (Phi) is 6.02. The molecule has 0 saturated heterocycles. The van der Waals surface area contributed by atoms with Gasteiger partial charge < -0.3 is 15.6 Å². The van der Waals surface area contributed by atoms with Gasteiger partial charge in [0.15, 0.2) is 0 Å². The van der Waals surface area contributed by atoms with Gasteiger partial charge in [0.1, 0.15) is 0 Å². The lowest BCUT2D eigenvalue weighted by Crippen LogP contribution is -2.25. The van der Waals surface area contributed by atoms with Crippen LogP contribution < -0.4 is 10.6 Å². The SMILES string of the molecule is CCCCCCNC(=O)c1c(C)[nH]c(/C=C2\C(=O)Nc3cccc(C)c32)c1C. The lowest BCUT2D eigenvalue weighted by atomic mass is 9.99. The number of carbonyl (C=O) groups excluding carboxylic acids is 2. The lowest BCUT2D eigenvalue weighted by Gasteiger charge is -2.06. The Labute approximate surface area is 166 Å². The van der Waals surface area contributed by atoms with E-state index in [0.29, 0.717) is 17.7 Å². The van der Waals surface area contributed by atoms with E-state index in [2.05, 4.69) is 22.5 Å². The molecule has 2 aromatic rings. The monoisotopic (exact) mass is 379 g/mol. The molecular weight excluding hydrogens is 350 g/mol. The summed E-state index contributed by atoms with van der Waals surface area (Å²) < 4.78 is 0. The van der Waals surface area contributed by atoms with Crippen LogP contribution in [-0.2, 0) is 4.79 Å². The third-order valence-corrected chi connectivity index (χ3v) is 5.34. The number of aromatic nitrogens is 1. The van der Waals surface area contributed by atoms with Gasteiger partial charge in [-0.25, -0.2) is 0 Å². The van der Waals surface area contributed by atoms with E-state index in [1.807, 2.05) is 45.0 Å². The molecule has 0 spiro atoms. The van der Waals surface area contributed by atoms with Crippen LogP contribution in [0.1, 0.15) is 71.0 Å². The molecule has 5 heteroatoms. The Morgan fingerprint density at radius 3 is 2.68 bits per heavy atom. The maximum atomic E-state index is 12.7. The molecular formula is C23H29N3O2. The van der Waals surface area contributed by atoms with Crippen molar-refractivity contribution in [2.24, 2.45) is 0 Å². The fourth-order valence-corrected chi connectivity index (χ4v) is 3.82. The number of hydrogen-bond acceptors (Lipinski definition) is 2. The first-order valence-electron chi connectivity index (χ1n) is 10.0. The highest BCUT2D eigenvalue weighted by atomic mass is 16.2. The van der Waals surface area contributed by atoms with Gasteiger partial charge in [-0.2, -0.15) is 0 Å². The Bertz CT molecular complexity index is 938. The first kappa shape index (κ1) is 19.9. The van der Waals surface area contributed by atoms with E-state index in [1.54, 1.807) is 0 Å². The van der Waals surface area contributed by atoms with Crippen molar-refractivity contribution >= 4 is 29.2 Å². The van der Waals surface area contributed by atoms with E-state index >= 15 is 0 Å². The van der Waals surface area contributed by atoms with Gasteiger partial charge in [0.2, 0.25) is 0 Å². The van der Waals surface area contributed by atoms with E-state index in [-0.39, 0.29) is 11.8 Å². The van der Waals surface area contributed by atoms with Gasteiger partial charge in [0, 0.05) is 29.2 Å². The van der Waals surface area contributed by atoms with Crippen LogP contribution in [-0.4, -0.2) is 23.3 Å². The van der Waals surface area contributed by atoms with E-state index in [0.717, 1.165) is 46.6 Å². The molecule has 1 aromatic carbocycles. The van der Waals surface area contributed by atoms with Crippen LogP contribution in [0.25, 0.3) is 11.6 Å². The normalized spacial score (nSPS) is 14.3. The van der Waals surface area contributed by atoms with Crippen LogP contribution in [0.4, 0.5) is 5.69 Å². The predicted molar refractivity (Wildman–Crippen MR) is 114 cm³/mol. The summed E-state index contributed by atoms with van der Waals surface area (Å²) in [5.74, 6) is -0.169. The minimum absolute atomic E-state index is 0.0557. The van der Waals surface area contributed by atoms with Crippen molar-refractivity contribution < 1.29 is 9.59 Å². The number of fused-ring (bicyclic) bond motifs is 1. The molecule has 0 bridgehead atoms. The smallest absolute Gasteiger partial charge is 0.256 e. The van der Waals surface area contributed by atoms with Crippen LogP contribution in [0.2, 0.25) is 0 Å². The molecule has 1 aliphatic rings. The fraction of sp³-hybridized carbons (Fsp3) is 0.391. The summed E-state index contributed by atoms with van der Waals surface area (Å²) in [6, 6.07) is 5.84. The van der Waals surface area contributed by atoms with Crippen molar-refractivity contribution in [3.63, 3.8) is 0 Å². The predicted octanol–water partition coefficient (Wildman–Crippen LogP) is 4.74. The zero-order valence-electron chi connectivity index (χ0n) is 17.2.